The molecule has 0 heterocycles. The molecule has 0 aliphatic carbocycles. The van der Waals surface area contributed by atoms with Crippen LogP contribution in [0.15, 0.2) is 47.4 Å². The lowest BCUT2D eigenvalue weighted by atomic mass is 10.1. The van der Waals surface area contributed by atoms with E-state index in [2.05, 4.69) is 0 Å². The summed E-state index contributed by atoms with van der Waals surface area (Å²) in [5.74, 6) is 0. The molecule has 2 aromatic carbocycles. The summed E-state index contributed by atoms with van der Waals surface area (Å²) < 4.78 is 22.9. The monoisotopic (exact) mass is 220 g/mol. The maximum Gasteiger partial charge on any atom is 0.238 e. The molecule has 0 amide bonds. The van der Waals surface area contributed by atoms with Crippen LogP contribution in [-0.2, 0) is 14.6 Å². The zero-order chi connectivity index (χ0) is 10.9. The molecule has 3 nitrogen and oxygen atoms in total. The Morgan fingerprint density at radius 2 is 1.60 bits per heavy atom. The summed E-state index contributed by atoms with van der Waals surface area (Å²) in [7, 11) is -3.81. The van der Waals surface area contributed by atoms with Crippen molar-refractivity contribution >= 4 is 26.2 Å². The molecular weight excluding hydrogens is 212 g/mol. The smallest absolute Gasteiger partial charge is 0.238 e. The van der Waals surface area contributed by atoms with Crippen LogP contribution in [0, 0.1) is 0 Å². The van der Waals surface area contributed by atoms with Gasteiger partial charge in [0, 0.05) is 5.39 Å². The Labute approximate surface area is 87.3 Å². The number of benzene rings is 2. The van der Waals surface area contributed by atoms with E-state index in [0.29, 0.717) is 5.39 Å². The summed E-state index contributed by atoms with van der Waals surface area (Å²) >= 11 is 0. The minimum absolute atomic E-state index is 0.0191. The molecule has 0 saturated carbocycles. The van der Waals surface area contributed by atoms with Crippen molar-refractivity contribution in [1.82, 2.24) is 0 Å². The summed E-state index contributed by atoms with van der Waals surface area (Å²) in [5.41, 5.74) is -0.0191. The zero-order valence-electron chi connectivity index (χ0n) is 7.75. The van der Waals surface area contributed by atoms with E-state index in [-0.39, 0.29) is 10.5 Å². The van der Waals surface area contributed by atoms with Gasteiger partial charge in [-0.05, 0) is 11.5 Å². The van der Waals surface area contributed by atoms with Gasteiger partial charge in [-0.15, -0.1) is 0 Å². The van der Waals surface area contributed by atoms with Crippen molar-refractivity contribution < 1.29 is 13.2 Å². The summed E-state index contributed by atoms with van der Waals surface area (Å²) in [6.45, 7) is 0. The molecule has 2 aromatic rings. The molecule has 0 saturated heterocycles. The Morgan fingerprint density at radius 1 is 0.933 bits per heavy atom. The first kappa shape index (κ1) is 9.86. The normalized spacial score (nSPS) is 11.5. The third-order valence-corrected chi connectivity index (χ3v) is 3.41. The zero-order valence-corrected chi connectivity index (χ0v) is 8.57. The minimum Gasteiger partial charge on any atom is -0.285 e. The maximum atomic E-state index is 11.4. The third-order valence-electron chi connectivity index (χ3n) is 2.18. The van der Waals surface area contributed by atoms with Crippen LogP contribution in [0.5, 0.6) is 0 Å². The van der Waals surface area contributed by atoms with Crippen LogP contribution in [0.3, 0.4) is 0 Å². The minimum atomic E-state index is -3.81. The second-order valence-electron chi connectivity index (χ2n) is 3.12. The molecule has 4 heteroatoms. The molecule has 15 heavy (non-hydrogen) atoms. The molecule has 0 N–H and O–H groups in total. The molecule has 76 valence electrons. The summed E-state index contributed by atoms with van der Waals surface area (Å²) in [6, 6.07) is 11.9. The number of hydrogen-bond acceptors (Lipinski definition) is 3. The highest BCUT2D eigenvalue weighted by molar-refractivity contribution is 8.04. The molecule has 2 rings (SSSR count). The van der Waals surface area contributed by atoms with Crippen LogP contribution >= 0.6 is 0 Å². The van der Waals surface area contributed by atoms with Crippen molar-refractivity contribution in [1.29, 1.82) is 0 Å². The van der Waals surface area contributed by atoms with Crippen molar-refractivity contribution in [3.05, 3.63) is 42.5 Å². The summed E-state index contributed by atoms with van der Waals surface area (Å²) in [6.07, 6.45) is 0. The fourth-order valence-electron chi connectivity index (χ4n) is 1.50. The highest BCUT2D eigenvalue weighted by Crippen LogP contribution is 2.22. The number of carbonyl (C=O) groups is 1. The van der Waals surface area contributed by atoms with Crippen LogP contribution in [0.2, 0.25) is 0 Å². The number of rotatable bonds is 2. The molecule has 0 fully saturated rings. The fourth-order valence-corrected chi connectivity index (χ4v) is 2.36. The number of sulfone groups is 1. The summed E-state index contributed by atoms with van der Waals surface area (Å²) in [5, 5.41) is 1.38. The number of carbonyl (C=O) groups excluding carboxylic acids is 1. The Bertz CT molecular complexity index is 609. The van der Waals surface area contributed by atoms with Gasteiger partial charge in [-0.1, -0.05) is 36.4 Å². The van der Waals surface area contributed by atoms with Gasteiger partial charge in [0.2, 0.25) is 15.5 Å². The third kappa shape index (κ3) is 1.64. The van der Waals surface area contributed by atoms with Gasteiger partial charge in [-0.25, -0.2) is 8.42 Å². The molecule has 0 atom stereocenters. The van der Waals surface area contributed by atoms with E-state index < -0.39 is 9.84 Å². The summed E-state index contributed by atoms with van der Waals surface area (Å²) in [4.78, 5) is 10.5. The molecule has 0 aliphatic rings. The second-order valence-corrected chi connectivity index (χ2v) is 4.84. The highest BCUT2D eigenvalue weighted by atomic mass is 32.2. The van der Waals surface area contributed by atoms with Gasteiger partial charge in [0.15, 0.2) is 0 Å². The van der Waals surface area contributed by atoms with Crippen molar-refractivity contribution in [2.24, 2.45) is 0 Å². The second kappa shape index (κ2) is 3.47. The first-order valence-corrected chi connectivity index (χ1v) is 5.88. The molecule has 0 radical (unpaired) electrons. The van der Waals surface area contributed by atoms with Crippen LogP contribution in [-0.4, -0.2) is 14.0 Å². The quantitative estimate of drug-likeness (QED) is 0.725. The lowest BCUT2D eigenvalue weighted by Crippen LogP contribution is -2.01. The van der Waals surface area contributed by atoms with Gasteiger partial charge in [0.1, 0.15) is 0 Å². The molecular formula is C11H8O3S. The lowest BCUT2D eigenvalue weighted by Gasteiger charge is -2.02. The maximum absolute atomic E-state index is 11.4. The fraction of sp³-hybridized carbons (Fsp3) is 0. The lowest BCUT2D eigenvalue weighted by molar-refractivity contribution is 0.556. The molecule has 0 bridgehead atoms. The van der Waals surface area contributed by atoms with Crippen LogP contribution in [0.4, 0.5) is 0 Å². The van der Waals surface area contributed by atoms with E-state index in [9.17, 15) is 13.2 Å². The number of fused-ring (bicyclic) bond motifs is 1. The predicted octanol–water partition coefficient (Wildman–Crippen LogP) is 1.80. The molecule has 0 aliphatic heterocycles. The van der Waals surface area contributed by atoms with Crippen LogP contribution < -0.4 is 0 Å². The van der Waals surface area contributed by atoms with Crippen molar-refractivity contribution in [2.45, 2.75) is 4.90 Å². The predicted molar refractivity (Wildman–Crippen MR) is 57.9 cm³/mol. The van der Waals surface area contributed by atoms with Gasteiger partial charge in [0.05, 0.1) is 4.90 Å². The first-order chi connectivity index (χ1) is 7.15. The van der Waals surface area contributed by atoms with Crippen molar-refractivity contribution in [2.75, 3.05) is 0 Å². The van der Waals surface area contributed by atoms with Crippen molar-refractivity contribution in [3.8, 4) is 0 Å². The van der Waals surface area contributed by atoms with Crippen molar-refractivity contribution in [3.63, 3.8) is 0 Å². The number of hydrogen-bond donors (Lipinski definition) is 0. The Balaban J connectivity index is 2.89. The topological polar surface area (TPSA) is 51.2 Å². The van der Waals surface area contributed by atoms with E-state index in [4.69, 9.17) is 0 Å². The SMILES string of the molecule is O=CS(=O)(=O)c1cccc2ccccc12. The standard InChI is InChI=1S/C11H8O3S/c12-8-15(13,14)11-7-3-5-9-4-1-2-6-10(9)11/h1-8H. The largest absolute Gasteiger partial charge is 0.285 e. The molecule has 0 unspecified atom stereocenters. The van der Waals surface area contributed by atoms with Gasteiger partial charge in [-0.2, -0.15) is 0 Å². The van der Waals surface area contributed by atoms with E-state index >= 15 is 0 Å². The molecule has 0 aromatic heterocycles. The Kier molecular flexibility index (Phi) is 2.28. The van der Waals surface area contributed by atoms with Crippen LogP contribution in [0.25, 0.3) is 10.8 Å². The van der Waals surface area contributed by atoms with Gasteiger partial charge < -0.3 is 0 Å². The highest BCUT2D eigenvalue weighted by Gasteiger charge is 2.15. The first-order valence-electron chi connectivity index (χ1n) is 4.33. The molecule has 0 spiro atoms. The van der Waals surface area contributed by atoms with Gasteiger partial charge >= 0.3 is 0 Å². The Morgan fingerprint density at radius 3 is 2.33 bits per heavy atom. The average Bonchev–Trinajstić information content (AvgIpc) is 2.28. The Hall–Kier alpha value is -1.68. The van der Waals surface area contributed by atoms with E-state index in [1.807, 2.05) is 6.07 Å². The average molecular weight is 220 g/mol. The van der Waals surface area contributed by atoms with Gasteiger partial charge in [-0.3, -0.25) is 4.79 Å². The van der Waals surface area contributed by atoms with E-state index in [1.165, 1.54) is 6.07 Å². The van der Waals surface area contributed by atoms with Crippen LogP contribution in [0.1, 0.15) is 0 Å². The van der Waals surface area contributed by atoms with E-state index in [1.54, 1.807) is 30.3 Å². The van der Waals surface area contributed by atoms with E-state index in [0.717, 1.165) is 5.39 Å². The van der Waals surface area contributed by atoms with Gasteiger partial charge in [0.25, 0.3) is 0 Å².